The van der Waals surface area contributed by atoms with E-state index in [0.717, 1.165) is 6.26 Å². The van der Waals surface area contributed by atoms with Gasteiger partial charge in [0.15, 0.2) is 9.84 Å². The Morgan fingerprint density at radius 2 is 2.05 bits per heavy atom. The number of methoxy groups -OCH3 is 1. The predicted molar refractivity (Wildman–Crippen MR) is 71.4 cm³/mol. The van der Waals surface area contributed by atoms with Gasteiger partial charge in [0.25, 0.3) is 0 Å². The standard InChI is InChI=1S/C12H10ClNO5S/c1-18-12(15)7-3-4-9(20(2,16)17)10(11(7)13)8-5-6-19-14-8/h3-6H,1-2H3. The molecule has 1 aromatic heterocycles. The zero-order valence-corrected chi connectivity index (χ0v) is 12.2. The van der Waals surface area contributed by atoms with E-state index in [4.69, 9.17) is 16.1 Å². The monoisotopic (exact) mass is 315 g/mol. The van der Waals surface area contributed by atoms with Crippen LogP contribution in [0.15, 0.2) is 33.9 Å². The highest BCUT2D eigenvalue weighted by Crippen LogP contribution is 2.36. The number of carbonyl (C=O) groups is 1. The normalized spacial score (nSPS) is 11.3. The van der Waals surface area contributed by atoms with Crippen molar-refractivity contribution in [3.05, 3.63) is 35.0 Å². The van der Waals surface area contributed by atoms with Crippen molar-refractivity contribution in [1.29, 1.82) is 0 Å². The van der Waals surface area contributed by atoms with Crippen LogP contribution in [0, 0.1) is 0 Å². The molecular weight excluding hydrogens is 306 g/mol. The number of esters is 1. The number of nitrogens with zero attached hydrogens (tertiary/aromatic N) is 1. The molecule has 2 aromatic rings. The van der Waals surface area contributed by atoms with Crippen molar-refractivity contribution >= 4 is 27.4 Å². The lowest BCUT2D eigenvalue weighted by Gasteiger charge is -2.10. The van der Waals surface area contributed by atoms with Gasteiger partial charge >= 0.3 is 5.97 Å². The topological polar surface area (TPSA) is 86.5 Å². The largest absolute Gasteiger partial charge is 0.465 e. The van der Waals surface area contributed by atoms with Gasteiger partial charge in [-0.15, -0.1) is 0 Å². The van der Waals surface area contributed by atoms with E-state index >= 15 is 0 Å². The molecule has 0 N–H and O–H groups in total. The maximum atomic E-state index is 11.8. The average Bonchev–Trinajstić information content (AvgIpc) is 2.89. The molecule has 0 atom stereocenters. The van der Waals surface area contributed by atoms with Gasteiger partial charge in [0.2, 0.25) is 0 Å². The van der Waals surface area contributed by atoms with Gasteiger partial charge in [-0.25, -0.2) is 13.2 Å². The maximum Gasteiger partial charge on any atom is 0.339 e. The van der Waals surface area contributed by atoms with Crippen molar-refractivity contribution in [3.8, 4) is 11.3 Å². The second-order valence-corrected chi connectivity index (χ2v) is 6.31. The summed E-state index contributed by atoms with van der Waals surface area (Å²) in [5.74, 6) is -0.667. The van der Waals surface area contributed by atoms with Crippen LogP contribution >= 0.6 is 11.6 Å². The van der Waals surface area contributed by atoms with Crippen LogP contribution in [0.2, 0.25) is 5.02 Å². The third kappa shape index (κ3) is 2.54. The summed E-state index contributed by atoms with van der Waals surface area (Å²) < 4.78 is 32.9. The molecule has 8 heteroatoms. The van der Waals surface area contributed by atoms with E-state index in [2.05, 4.69) is 9.89 Å². The zero-order chi connectivity index (χ0) is 14.9. The van der Waals surface area contributed by atoms with Crippen LogP contribution in [0.1, 0.15) is 10.4 Å². The van der Waals surface area contributed by atoms with Crippen molar-refractivity contribution in [2.75, 3.05) is 13.4 Å². The first-order chi connectivity index (χ1) is 9.36. The summed E-state index contributed by atoms with van der Waals surface area (Å²) in [6.07, 6.45) is 2.32. The van der Waals surface area contributed by atoms with E-state index in [-0.39, 0.29) is 26.7 Å². The van der Waals surface area contributed by atoms with Crippen LogP contribution in [0.25, 0.3) is 11.3 Å². The third-order valence-electron chi connectivity index (χ3n) is 2.60. The minimum Gasteiger partial charge on any atom is -0.465 e. The van der Waals surface area contributed by atoms with Gasteiger partial charge in [-0.1, -0.05) is 16.8 Å². The van der Waals surface area contributed by atoms with E-state index in [0.29, 0.717) is 0 Å². The van der Waals surface area contributed by atoms with E-state index in [1.54, 1.807) is 0 Å². The van der Waals surface area contributed by atoms with Crippen molar-refractivity contribution in [1.82, 2.24) is 5.16 Å². The number of benzene rings is 1. The molecule has 1 aromatic carbocycles. The highest BCUT2D eigenvalue weighted by atomic mass is 35.5. The van der Waals surface area contributed by atoms with Crippen LogP contribution in [-0.4, -0.2) is 32.9 Å². The van der Waals surface area contributed by atoms with Crippen molar-refractivity contribution in [3.63, 3.8) is 0 Å². The van der Waals surface area contributed by atoms with Gasteiger partial charge in [-0.05, 0) is 12.1 Å². The van der Waals surface area contributed by atoms with Gasteiger partial charge in [0.1, 0.15) is 12.0 Å². The second-order valence-electron chi connectivity index (χ2n) is 3.95. The molecule has 0 saturated carbocycles. The summed E-state index contributed by atoms with van der Waals surface area (Å²) in [6, 6.07) is 4.04. The van der Waals surface area contributed by atoms with E-state index in [9.17, 15) is 13.2 Å². The molecule has 0 spiro atoms. The van der Waals surface area contributed by atoms with Gasteiger partial charge in [0, 0.05) is 17.9 Å². The number of ether oxygens (including phenoxy) is 1. The average molecular weight is 316 g/mol. The third-order valence-corrected chi connectivity index (χ3v) is 4.13. The fourth-order valence-electron chi connectivity index (χ4n) is 1.72. The Morgan fingerprint density at radius 3 is 2.55 bits per heavy atom. The molecule has 0 unspecified atom stereocenters. The molecule has 20 heavy (non-hydrogen) atoms. The molecule has 0 amide bonds. The fraction of sp³-hybridized carbons (Fsp3) is 0.167. The van der Waals surface area contributed by atoms with E-state index in [1.807, 2.05) is 0 Å². The molecule has 0 bridgehead atoms. The molecule has 0 saturated heterocycles. The molecule has 0 fully saturated rings. The van der Waals surface area contributed by atoms with Gasteiger partial charge in [-0.3, -0.25) is 0 Å². The fourth-order valence-corrected chi connectivity index (χ4v) is 3.00. The molecule has 0 aliphatic rings. The first-order valence-electron chi connectivity index (χ1n) is 5.38. The first kappa shape index (κ1) is 14.5. The molecule has 106 valence electrons. The highest BCUT2D eigenvalue weighted by molar-refractivity contribution is 7.90. The van der Waals surface area contributed by atoms with Crippen molar-refractivity contribution in [2.24, 2.45) is 0 Å². The number of rotatable bonds is 3. The Balaban J connectivity index is 2.81. The minimum atomic E-state index is -3.55. The lowest BCUT2D eigenvalue weighted by atomic mass is 10.1. The predicted octanol–water partition coefficient (Wildman–Crippen LogP) is 2.19. The van der Waals surface area contributed by atoms with Gasteiger partial charge in [-0.2, -0.15) is 0 Å². The highest BCUT2D eigenvalue weighted by Gasteiger charge is 2.24. The Bertz CT molecular complexity index is 752. The number of aromatic nitrogens is 1. The summed E-state index contributed by atoms with van der Waals surface area (Å²) in [6.45, 7) is 0. The molecular formula is C12H10ClNO5S. The molecule has 6 nitrogen and oxygen atoms in total. The summed E-state index contributed by atoms with van der Waals surface area (Å²) in [5.41, 5.74) is 0.395. The molecule has 0 aliphatic heterocycles. The maximum absolute atomic E-state index is 11.8. The first-order valence-corrected chi connectivity index (χ1v) is 7.65. The van der Waals surface area contributed by atoms with Gasteiger partial charge in [0.05, 0.1) is 22.6 Å². The summed E-state index contributed by atoms with van der Waals surface area (Å²) in [5, 5.41) is 3.62. The number of sulfone groups is 1. The van der Waals surface area contributed by atoms with Crippen LogP contribution < -0.4 is 0 Å². The Morgan fingerprint density at radius 1 is 1.35 bits per heavy atom. The Kier molecular flexibility index (Phi) is 3.82. The molecule has 0 aliphatic carbocycles. The van der Waals surface area contributed by atoms with E-state index < -0.39 is 15.8 Å². The number of hydrogen-bond acceptors (Lipinski definition) is 6. The minimum absolute atomic E-state index is 0.0379. The number of halogens is 1. The summed E-state index contributed by atoms with van der Waals surface area (Å²) in [4.78, 5) is 11.6. The number of carbonyl (C=O) groups excluding carboxylic acids is 1. The van der Waals surface area contributed by atoms with E-state index in [1.165, 1.54) is 31.6 Å². The second kappa shape index (κ2) is 5.26. The van der Waals surface area contributed by atoms with Crippen LogP contribution in [0.4, 0.5) is 0 Å². The number of hydrogen-bond donors (Lipinski definition) is 0. The Hall–Kier alpha value is -1.86. The van der Waals surface area contributed by atoms with Crippen LogP contribution in [-0.2, 0) is 14.6 Å². The smallest absolute Gasteiger partial charge is 0.339 e. The van der Waals surface area contributed by atoms with Crippen LogP contribution in [0.5, 0.6) is 0 Å². The van der Waals surface area contributed by atoms with Crippen LogP contribution in [0.3, 0.4) is 0 Å². The summed E-state index contributed by atoms with van der Waals surface area (Å²) in [7, 11) is -2.34. The molecule has 2 rings (SSSR count). The Labute approximate surface area is 120 Å². The molecule has 0 radical (unpaired) electrons. The zero-order valence-electron chi connectivity index (χ0n) is 10.6. The van der Waals surface area contributed by atoms with Crippen molar-refractivity contribution in [2.45, 2.75) is 4.90 Å². The quantitative estimate of drug-likeness (QED) is 0.807. The lowest BCUT2D eigenvalue weighted by Crippen LogP contribution is -2.07. The van der Waals surface area contributed by atoms with Crippen molar-refractivity contribution < 1.29 is 22.5 Å². The summed E-state index contributed by atoms with van der Waals surface area (Å²) >= 11 is 6.14. The van der Waals surface area contributed by atoms with Gasteiger partial charge < -0.3 is 9.26 Å². The molecule has 1 heterocycles. The lowest BCUT2D eigenvalue weighted by molar-refractivity contribution is 0.0601. The SMILES string of the molecule is COC(=O)c1ccc(S(C)(=O)=O)c(-c2ccon2)c1Cl.